The van der Waals surface area contributed by atoms with Gasteiger partial charge in [0.1, 0.15) is 17.0 Å². The number of carbonyl (C=O) groups excluding carboxylic acids is 3. The van der Waals surface area contributed by atoms with Gasteiger partial charge in [-0.1, -0.05) is 30.3 Å². The van der Waals surface area contributed by atoms with Crippen LogP contribution in [-0.4, -0.2) is 96.5 Å². The highest BCUT2D eigenvalue weighted by Gasteiger charge is 2.63. The lowest BCUT2D eigenvalue weighted by Gasteiger charge is -2.50. The molecule has 0 aromatic heterocycles. The minimum Gasteiger partial charge on any atom is -0.508 e. The Kier molecular flexibility index (Phi) is 9.09. The van der Waals surface area contributed by atoms with Crippen molar-refractivity contribution < 1.29 is 29.4 Å². The molecule has 7 N–H and O–H groups in total. The Bertz CT molecular complexity index is 1760. The molecule has 3 aliphatic carbocycles. The lowest BCUT2D eigenvalue weighted by atomic mass is 9.59. The summed E-state index contributed by atoms with van der Waals surface area (Å²) in [6.45, 7) is 2.52. The van der Waals surface area contributed by atoms with Gasteiger partial charge in [0.15, 0.2) is 22.9 Å². The SMILES string of the molecule is CN(C)c1cc(NC2CCN(Cc3ccccc3)CC2)c(N=O)c2c1C[C@H]1C[C@H]3[C@H](N(C)C)C(=O)C(C(N)=O)=C(O)[C@@]3(O)C(ON)=C1C2=O. The quantitative estimate of drug-likeness (QED) is 0.148. The van der Waals surface area contributed by atoms with E-state index in [0.29, 0.717) is 16.9 Å². The van der Waals surface area contributed by atoms with E-state index in [1.54, 1.807) is 14.1 Å². The summed E-state index contributed by atoms with van der Waals surface area (Å²) in [4.78, 5) is 64.1. The van der Waals surface area contributed by atoms with Gasteiger partial charge >= 0.3 is 0 Å². The van der Waals surface area contributed by atoms with Crippen molar-refractivity contribution in [2.45, 2.75) is 49.9 Å². The molecule has 2 aromatic rings. The van der Waals surface area contributed by atoms with Crippen LogP contribution in [0.5, 0.6) is 0 Å². The smallest absolute Gasteiger partial charge is 0.255 e. The van der Waals surface area contributed by atoms with Gasteiger partial charge in [0.25, 0.3) is 5.91 Å². The van der Waals surface area contributed by atoms with Crippen molar-refractivity contribution in [2.75, 3.05) is 51.5 Å². The van der Waals surface area contributed by atoms with E-state index in [1.807, 2.05) is 43.3 Å². The van der Waals surface area contributed by atoms with E-state index in [0.717, 1.165) is 32.5 Å². The van der Waals surface area contributed by atoms with E-state index < -0.39 is 58.0 Å². The number of aliphatic hydroxyl groups excluding tert-OH is 1. The summed E-state index contributed by atoms with van der Waals surface area (Å²) >= 11 is 0. The van der Waals surface area contributed by atoms with Crippen molar-refractivity contribution in [3.63, 3.8) is 0 Å². The number of primary amides is 1. The predicted octanol–water partition coefficient (Wildman–Crippen LogP) is 2.29. The third kappa shape index (κ3) is 5.58. The zero-order valence-electron chi connectivity index (χ0n) is 28.1. The minimum atomic E-state index is -2.52. The molecule has 4 atom stereocenters. The normalized spacial score (nSPS) is 25.9. The Morgan fingerprint density at radius 1 is 1.14 bits per heavy atom. The number of Topliss-reactive ketones (excluding diaryl/α,β-unsaturated/α-hetero) is 2. The maximum Gasteiger partial charge on any atom is 0.255 e. The first kappa shape index (κ1) is 34.2. The topological polar surface area (TPSA) is 204 Å². The molecule has 1 aliphatic heterocycles. The van der Waals surface area contributed by atoms with E-state index in [9.17, 15) is 29.5 Å². The summed E-state index contributed by atoms with van der Waals surface area (Å²) in [7, 11) is 6.88. The van der Waals surface area contributed by atoms with E-state index in [1.165, 1.54) is 10.5 Å². The number of carbonyl (C=O) groups is 3. The van der Waals surface area contributed by atoms with Gasteiger partial charge in [-0.3, -0.25) is 24.2 Å². The van der Waals surface area contributed by atoms with E-state index in [-0.39, 0.29) is 35.7 Å². The van der Waals surface area contributed by atoms with Crippen molar-refractivity contribution in [2.24, 2.45) is 28.6 Å². The van der Waals surface area contributed by atoms with Crippen molar-refractivity contribution in [3.8, 4) is 0 Å². The Labute approximate surface area is 284 Å². The summed E-state index contributed by atoms with van der Waals surface area (Å²) in [5.41, 5.74) is 5.03. The fraction of sp³-hybridized carbons (Fsp3) is 0.457. The van der Waals surface area contributed by atoms with Crippen molar-refractivity contribution in [3.05, 3.63) is 80.7 Å². The number of piperidine rings is 1. The molecule has 0 radical (unpaired) electrons. The van der Waals surface area contributed by atoms with Gasteiger partial charge in [-0.05, 0) is 68.1 Å². The van der Waals surface area contributed by atoms with Gasteiger partial charge < -0.3 is 31.0 Å². The molecule has 14 nitrogen and oxygen atoms in total. The summed E-state index contributed by atoms with van der Waals surface area (Å²) in [6, 6.07) is 11.0. The maximum absolute atomic E-state index is 14.6. The molecule has 14 heteroatoms. The average molecular weight is 674 g/mol. The first-order valence-corrected chi connectivity index (χ1v) is 16.4. The fourth-order valence-corrected chi connectivity index (χ4v) is 8.32. The number of nitrogens with two attached hydrogens (primary N) is 2. The molecule has 2 aromatic carbocycles. The van der Waals surface area contributed by atoms with Crippen molar-refractivity contribution in [1.29, 1.82) is 0 Å². The average Bonchev–Trinajstić information content (AvgIpc) is 3.06. The van der Waals surface area contributed by atoms with Crippen molar-refractivity contribution >= 4 is 34.5 Å². The molecule has 0 unspecified atom stereocenters. The van der Waals surface area contributed by atoms with Gasteiger partial charge in [-0.2, -0.15) is 5.90 Å². The summed E-state index contributed by atoms with van der Waals surface area (Å²) < 4.78 is 0. The fourth-order valence-electron chi connectivity index (χ4n) is 8.32. The number of nitroso groups, excluding NO2 is 1. The number of amides is 1. The molecule has 4 aliphatic rings. The Balaban J connectivity index is 1.41. The first-order valence-electron chi connectivity index (χ1n) is 16.4. The predicted molar refractivity (Wildman–Crippen MR) is 183 cm³/mol. The van der Waals surface area contributed by atoms with Crippen LogP contribution in [0.2, 0.25) is 0 Å². The molecule has 1 amide bonds. The van der Waals surface area contributed by atoms with Crippen LogP contribution >= 0.6 is 0 Å². The number of aliphatic hydroxyl groups is 2. The number of benzene rings is 2. The molecule has 0 saturated carbocycles. The zero-order valence-corrected chi connectivity index (χ0v) is 28.1. The molecule has 1 fully saturated rings. The second kappa shape index (κ2) is 13.0. The van der Waals surface area contributed by atoms with Gasteiger partial charge in [-0.25, -0.2) is 0 Å². The van der Waals surface area contributed by atoms with E-state index in [2.05, 4.69) is 27.5 Å². The summed E-state index contributed by atoms with van der Waals surface area (Å²) in [5.74, 6) is -0.0710. The number of ketones is 2. The lowest BCUT2D eigenvalue weighted by molar-refractivity contribution is -0.137. The Hall–Kier alpha value is -4.63. The van der Waals surface area contributed by atoms with Crippen LogP contribution in [0.25, 0.3) is 0 Å². The lowest BCUT2D eigenvalue weighted by Crippen LogP contribution is -2.63. The van der Waals surface area contributed by atoms with Crippen LogP contribution in [0, 0.1) is 16.7 Å². The van der Waals surface area contributed by atoms with Crippen LogP contribution < -0.4 is 21.8 Å². The zero-order chi connectivity index (χ0) is 35.4. The number of likely N-dealkylation sites (tertiary alicyclic amines) is 1. The second-order valence-electron chi connectivity index (χ2n) is 13.9. The van der Waals surface area contributed by atoms with Crippen molar-refractivity contribution in [1.82, 2.24) is 9.80 Å². The molecular formula is C35H43N7O7. The highest BCUT2D eigenvalue weighted by atomic mass is 16.6. The third-order valence-corrected chi connectivity index (χ3v) is 10.6. The van der Waals surface area contributed by atoms with Crippen LogP contribution in [0.15, 0.2) is 64.2 Å². The van der Waals surface area contributed by atoms with Gasteiger partial charge in [-0.15, -0.1) is 4.91 Å². The van der Waals surface area contributed by atoms with Crippen LogP contribution in [-0.2, 0) is 27.4 Å². The number of fused-ring (bicyclic) bond motifs is 3. The number of rotatable bonds is 9. The Morgan fingerprint density at radius 3 is 2.39 bits per heavy atom. The molecule has 1 saturated heterocycles. The summed E-state index contributed by atoms with van der Waals surface area (Å²) in [5, 5.41) is 30.4. The van der Waals surface area contributed by atoms with Gasteiger partial charge in [0.05, 0.1) is 17.3 Å². The standard InChI is InChI=1S/C35H43N7O7/c1-40(2)24-16-23(38-20-10-12-42(13-11-20)17-18-8-6-5-7-9-18)28(39-48)26-21(24)14-19-15-22-29(41(3)4)31(44)27(34(36)46)32(45)35(22,47)33(49-37)25(19)30(26)43/h5-9,16,19-20,22,29,38,45,47H,10-15,17,37H2,1-4H3,(H2,36,46)/t19-,22-,29-,35+/m0/s1. The van der Waals surface area contributed by atoms with Crippen LogP contribution in [0.1, 0.15) is 40.7 Å². The third-order valence-electron chi connectivity index (χ3n) is 10.6. The van der Waals surface area contributed by atoms with E-state index in [4.69, 9.17) is 16.5 Å². The highest BCUT2D eigenvalue weighted by molar-refractivity contribution is 6.22. The number of allylic oxidation sites excluding steroid dienone is 1. The number of hydrogen-bond donors (Lipinski definition) is 5. The maximum atomic E-state index is 14.6. The molecule has 6 rings (SSSR count). The van der Waals surface area contributed by atoms with Gasteiger partial charge in [0.2, 0.25) is 0 Å². The van der Waals surface area contributed by atoms with Crippen LogP contribution in [0.3, 0.4) is 0 Å². The highest BCUT2D eigenvalue weighted by Crippen LogP contribution is 2.55. The molecule has 0 bridgehead atoms. The largest absolute Gasteiger partial charge is 0.508 e. The van der Waals surface area contributed by atoms with E-state index >= 15 is 0 Å². The first-order chi connectivity index (χ1) is 23.3. The molecule has 260 valence electrons. The monoisotopic (exact) mass is 673 g/mol. The number of hydrogen-bond acceptors (Lipinski definition) is 13. The molecular weight excluding hydrogens is 630 g/mol. The number of nitrogens with one attached hydrogen (secondary N) is 1. The minimum absolute atomic E-state index is 0.0161. The van der Waals surface area contributed by atoms with Gasteiger partial charge in [0, 0.05) is 56.9 Å². The van der Waals surface area contributed by atoms with Crippen LogP contribution in [0.4, 0.5) is 17.1 Å². The number of nitrogens with zero attached hydrogens (tertiary/aromatic N) is 4. The number of likely N-dealkylation sites (N-methyl/N-ethyl adjacent to an activating group) is 1. The Morgan fingerprint density at radius 2 is 1.82 bits per heavy atom. The number of anilines is 2. The molecule has 1 heterocycles. The second-order valence-corrected chi connectivity index (χ2v) is 13.9. The summed E-state index contributed by atoms with van der Waals surface area (Å²) in [6.07, 6.45) is 1.89. The molecule has 49 heavy (non-hydrogen) atoms. The molecule has 0 spiro atoms.